The molecule has 1 aliphatic heterocycles. The summed E-state index contributed by atoms with van der Waals surface area (Å²) in [5.74, 6) is 1.00. The number of hydrogen-bond donors (Lipinski definition) is 2. The molecule has 22 heavy (non-hydrogen) atoms. The first-order valence-electron chi connectivity index (χ1n) is 7.56. The number of aryl methyl sites for hydroxylation is 1. The fourth-order valence-corrected chi connectivity index (χ4v) is 4.65. The van der Waals surface area contributed by atoms with Crippen LogP contribution in [0, 0.1) is 6.92 Å². The van der Waals surface area contributed by atoms with Gasteiger partial charge in [-0.15, -0.1) is 11.3 Å². The molecule has 0 saturated carbocycles. The molecule has 0 aliphatic carbocycles. The van der Waals surface area contributed by atoms with Crippen molar-refractivity contribution >= 4 is 27.3 Å². The van der Waals surface area contributed by atoms with Crippen LogP contribution in [0.3, 0.4) is 0 Å². The first-order valence-corrected chi connectivity index (χ1v) is 9.99. The number of aliphatic imine (C=N–C) groups is 1. The van der Waals surface area contributed by atoms with Gasteiger partial charge in [0, 0.05) is 35.9 Å². The van der Waals surface area contributed by atoms with Crippen LogP contribution in [-0.4, -0.2) is 50.6 Å². The van der Waals surface area contributed by atoms with E-state index < -0.39 is 10.0 Å². The van der Waals surface area contributed by atoms with E-state index in [9.17, 15) is 8.42 Å². The average Bonchev–Trinajstić information content (AvgIpc) is 3.02. The number of thiophene rings is 1. The van der Waals surface area contributed by atoms with E-state index in [1.165, 1.54) is 9.75 Å². The summed E-state index contributed by atoms with van der Waals surface area (Å²) in [7, 11) is -3.02. The standard InChI is InChI=1S/C14H24N4O2S2/c1-3-15-14(17-11-13-6-5-12(2)21-13)16-7-9-18-8-4-10-22(18,19)20/h5-6H,3-4,7-11H2,1-2H3,(H2,15,16,17). The van der Waals surface area contributed by atoms with Crippen molar-refractivity contribution in [2.75, 3.05) is 31.9 Å². The molecule has 1 fully saturated rings. The Bertz CT molecular complexity index is 610. The van der Waals surface area contributed by atoms with Crippen molar-refractivity contribution in [3.8, 4) is 0 Å². The summed E-state index contributed by atoms with van der Waals surface area (Å²) in [6.07, 6.45) is 0.730. The molecule has 8 heteroatoms. The first-order chi connectivity index (χ1) is 10.5. The maximum atomic E-state index is 11.7. The van der Waals surface area contributed by atoms with Crippen molar-refractivity contribution in [3.63, 3.8) is 0 Å². The number of rotatable bonds is 6. The molecule has 6 nitrogen and oxygen atoms in total. The van der Waals surface area contributed by atoms with E-state index in [-0.39, 0.29) is 5.75 Å². The van der Waals surface area contributed by atoms with E-state index in [1.807, 2.05) is 6.92 Å². The molecule has 0 radical (unpaired) electrons. The molecule has 1 aromatic rings. The van der Waals surface area contributed by atoms with E-state index in [1.54, 1.807) is 15.6 Å². The SMILES string of the molecule is CCNC(=NCc1ccc(C)s1)NCCN1CCCS1(=O)=O. The van der Waals surface area contributed by atoms with Crippen molar-refractivity contribution in [2.45, 2.75) is 26.8 Å². The molecule has 1 aromatic heterocycles. The molecular formula is C14H24N4O2S2. The Hall–Kier alpha value is -1.12. The maximum Gasteiger partial charge on any atom is 0.214 e. The summed E-state index contributed by atoms with van der Waals surface area (Å²) in [6, 6.07) is 4.18. The lowest BCUT2D eigenvalue weighted by atomic mass is 10.4. The Labute approximate surface area is 136 Å². The Kier molecular flexibility index (Phi) is 6.22. The minimum Gasteiger partial charge on any atom is -0.357 e. The van der Waals surface area contributed by atoms with E-state index >= 15 is 0 Å². The highest BCUT2D eigenvalue weighted by atomic mass is 32.2. The summed E-state index contributed by atoms with van der Waals surface area (Å²) in [5, 5.41) is 6.38. The van der Waals surface area contributed by atoms with Gasteiger partial charge in [0.25, 0.3) is 0 Å². The van der Waals surface area contributed by atoms with Crippen molar-refractivity contribution in [1.29, 1.82) is 0 Å². The average molecular weight is 345 g/mol. The lowest BCUT2D eigenvalue weighted by Gasteiger charge is -2.16. The van der Waals surface area contributed by atoms with Crippen LogP contribution in [0.5, 0.6) is 0 Å². The van der Waals surface area contributed by atoms with Gasteiger partial charge in [0.2, 0.25) is 10.0 Å². The van der Waals surface area contributed by atoms with Crippen LogP contribution in [0.25, 0.3) is 0 Å². The molecule has 2 heterocycles. The molecule has 0 amide bonds. The minimum atomic E-state index is -3.02. The van der Waals surface area contributed by atoms with Gasteiger partial charge in [-0.25, -0.2) is 17.7 Å². The van der Waals surface area contributed by atoms with Crippen molar-refractivity contribution in [2.24, 2.45) is 4.99 Å². The van der Waals surface area contributed by atoms with E-state index in [0.29, 0.717) is 26.2 Å². The summed E-state index contributed by atoms with van der Waals surface area (Å²) in [6.45, 7) is 7.19. The van der Waals surface area contributed by atoms with Crippen LogP contribution in [0.2, 0.25) is 0 Å². The second-order valence-corrected chi connectivity index (χ2v) is 8.66. The normalized spacial score (nSPS) is 18.5. The van der Waals surface area contributed by atoms with Crippen molar-refractivity contribution in [1.82, 2.24) is 14.9 Å². The lowest BCUT2D eigenvalue weighted by molar-refractivity contribution is 0.445. The smallest absolute Gasteiger partial charge is 0.214 e. The molecule has 2 N–H and O–H groups in total. The van der Waals surface area contributed by atoms with E-state index in [2.05, 4.69) is 34.7 Å². The molecule has 1 saturated heterocycles. The molecule has 2 rings (SSSR count). The van der Waals surface area contributed by atoms with Gasteiger partial charge in [-0.1, -0.05) is 0 Å². The van der Waals surface area contributed by atoms with Gasteiger partial charge in [0.1, 0.15) is 0 Å². The highest BCUT2D eigenvalue weighted by Crippen LogP contribution is 2.15. The zero-order valence-electron chi connectivity index (χ0n) is 13.1. The zero-order valence-corrected chi connectivity index (χ0v) is 14.8. The van der Waals surface area contributed by atoms with Gasteiger partial charge in [0.05, 0.1) is 12.3 Å². The molecule has 0 aromatic carbocycles. The van der Waals surface area contributed by atoms with Gasteiger partial charge in [0.15, 0.2) is 5.96 Å². The number of nitrogens with zero attached hydrogens (tertiary/aromatic N) is 2. The third-order valence-electron chi connectivity index (χ3n) is 3.39. The topological polar surface area (TPSA) is 73.8 Å². The lowest BCUT2D eigenvalue weighted by Crippen LogP contribution is -2.42. The quantitative estimate of drug-likeness (QED) is 0.600. The summed E-state index contributed by atoms with van der Waals surface area (Å²) < 4.78 is 25.0. The fourth-order valence-electron chi connectivity index (χ4n) is 2.31. The predicted octanol–water partition coefficient (Wildman–Crippen LogP) is 1.15. The van der Waals surface area contributed by atoms with E-state index in [4.69, 9.17) is 0 Å². The second kappa shape index (κ2) is 7.94. The molecule has 0 bridgehead atoms. The molecular weight excluding hydrogens is 320 g/mol. The Balaban J connectivity index is 1.83. The highest BCUT2D eigenvalue weighted by molar-refractivity contribution is 7.89. The highest BCUT2D eigenvalue weighted by Gasteiger charge is 2.27. The van der Waals surface area contributed by atoms with E-state index in [0.717, 1.165) is 18.9 Å². The Morgan fingerprint density at radius 3 is 2.82 bits per heavy atom. The molecule has 124 valence electrons. The van der Waals surface area contributed by atoms with Crippen LogP contribution < -0.4 is 10.6 Å². The van der Waals surface area contributed by atoms with Gasteiger partial charge < -0.3 is 10.6 Å². The number of sulfonamides is 1. The number of hydrogen-bond acceptors (Lipinski definition) is 4. The largest absolute Gasteiger partial charge is 0.357 e. The van der Waals surface area contributed by atoms with Gasteiger partial charge >= 0.3 is 0 Å². The molecule has 0 spiro atoms. The van der Waals surface area contributed by atoms with Crippen LogP contribution in [-0.2, 0) is 16.6 Å². The number of guanidine groups is 1. The Morgan fingerprint density at radius 2 is 2.23 bits per heavy atom. The van der Waals surface area contributed by atoms with Crippen molar-refractivity contribution in [3.05, 3.63) is 21.9 Å². The molecule has 0 atom stereocenters. The van der Waals surface area contributed by atoms with Gasteiger partial charge in [-0.2, -0.15) is 0 Å². The second-order valence-electron chi connectivity index (χ2n) is 5.20. The van der Waals surface area contributed by atoms with Gasteiger partial charge in [-0.05, 0) is 32.4 Å². The van der Waals surface area contributed by atoms with Gasteiger partial charge in [-0.3, -0.25) is 0 Å². The van der Waals surface area contributed by atoms with Crippen molar-refractivity contribution < 1.29 is 8.42 Å². The van der Waals surface area contributed by atoms with Crippen LogP contribution in [0.15, 0.2) is 17.1 Å². The Morgan fingerprint density at radius 1 is 1.41 bits per heavy atom. The number of nitrogens with one attached hydrogen (secondary N) is 2. The summed E-state index contributed by atoms with van der Waals surface area (Å²) in [5.41, 5.74) is 0. The zero-order chi connectivity index (χ0) is 16.0. The van der Waals surface area contributed by atoms with Crippen LogP contribution >= 0.6 is 11.3 Å². The third-order valence-corrected chi connectivity index (χ3v) is 6.33. The molecule has 1 aliphatic rings. The third kappa shape index (κ3) is 4.96. The van der Waals surface area contributed by atoms with Crippen LogP contribution in [0.4, 0.5) is 0 Å². The monoisotopic (exact) mass is 344 g/mol. The fraction of sp³-hybridized carbons (Fsp3) is 0.643. The first kappa shape index (κ1) is 17.2. The summed E-state index contributed by atoms with van der Waals surface area (Å²) >= 11 is 1.74. The summed E-state index contributed by atoms with van der Waals surface area (Å²) in [4.78, 5) is 7.03. The molecule has 0 unspecified atom stereocenters. The van der Waals surface area contributed by atoms with Crippen LogP contribution in [0.1, 0.15) is 23.1 Å². The minimum absolute atomic E-state index is 0.277. The predicted molar refractivity (Wildman–Crippen MR) is 91.9 cm³/mol. The maximum absolute atomic E-state index is 11.7.